The van der Waals surface area contributed by atoms with Gasteiger partial charge in [-0.05, 0) is 64.2 Å². The average molecular weight is 874 g/mol. The summed E-state index contributed by atoms with van der Waals surface area (Å²) in [6, 6.07) is -0.728. The number of unbranched alkanes of at least 4 members (excludes halogenated alkanes) is 28. The fourth-order valence-electron chi connectivity index (χ4n) is 7.70. The molecule has 0 saturated carbocycles. The van der Waals surface area contributed by atoms with Gasteiger partial charge in [-0.3, -0.25) is 9.59 Å². The second kappa shape index (κ2) is 45.1. The van der Waals surface area contributed by atoms with Gasteiger partial charge in [0.05, 0.1) is 40.3 Å². The van der Waals surface area contributed by atoms with Crippen LogP contribution in [0, 0.1) is 0 Å². The molecule has 0 aromatic heterocycles. The molecule has 8 nitrogen and oxygen atoms in total. The van der Waals surface area contributed by atoms with Gasteiger partial charge in [-0.2, -0.15) is 0 Å². The molecule has 0 radical (unpaired) electrons. The minimum absolute atomic E-state index is 0.0360. The molecule has 0 saturated heterocycles. The number of rotatable bonds is 47. The molecule has 8 heteroatoms. The van der Waals surface area contributed by atoms with Crippen molar-refractivity contribution in [3.05, 3.63) is 36.5 Å². The number of allylic oxidation sites excluding steroid dienone is 6. The third kappa shape index (κ3) is 42.8. The lowest BCUT2D eigenvalue weighted by atomic mass is 10.0. The second-order valence-corrected chi connectivity index (χ2v) is 18.8. The number of quaternary nitrogens is 1. The van der Waals surface area contributed by atoms with E-state index in [2.05, 4.69) is 50.3 Å². The summed E-state index contributed by atoms with van der Waals surface area (Å²) in [7, 11) is 5.41. The minimum Gasteiger partial charge on any atom is -0.544 e. The monoisotopic (exact) mass is 874 g/mol. The number of aliphatic carboxylic acids is 1. The van der Waals surface area contributed by atoms with E-state index < -0.39 is 18.1 Å². The zero-order valence-corrected chi connectivity index (χ0v) is 41.3. The first-order valence-electron chi connectivity index (χ1n) is 26.0. The molecule has 0 aliphatic rings. The van der Waals surface area contributed by atoms with Gasteiger partial charge in [-0.25, -0.2) is 0 Å². The van der Waals surface area contributed by atoms with E-state index in [1.165, 1.54) is 148 Å². The van der Waals surface area contributed by atoms with E-state index in [9.17, 15) is 19.5 Å². The maximum atomic E-state index is 12.8. The number of carbonyl (C=O) groups is 3. The number of nitrogens with zero attached hydrogens (tertiary/aromatic N) is 1. The summed E-state index contributed by atoms with van der Waals surface area (Å²) in [5.74, 6) is -1.75. The van der Waals surface area contributed by atoms with Crippen molar-refractivity contribution in [2.45, 2.75) is 251 Å². The van der Waals surface area contributed by atoms with Crippen LogP contribution in [0.2, 0.25) is 0 Å². The molecule has 2 unspecified atom stereocenters. The topological polar surface area (TPSA) is 102 Å². The Morgan fingerprint density at radius 1 is 0.484 bits per heavy atom. The maximum Gasteiger partial charge on any atom is 0.306 e. The van der Waals surface area contributed by atoms with Crippen LogP contribution in [0.1, 0.15) is 239 Å². The van der Waals surface area contributed by atoms with E-state index in [0.717, 1.165) is 57.8 Å². The lowest BCUT2D eigenvalue weighted by molar-refractivity contribution is -0.889. The van der Waals surface area contributed by atoms with Crippen LogP contribution in [0.15, 0.2) is 36.5 Å². The molecular formula is C54H99NO7. The number of hydrogen-bond donors (Lipinski definition) is 0. The highest BCUT2D eigenvalue weighted by molar-refractivity contribution is 5.70. The van der Waals surface area contributed by atoms with Crippen LogP contribution >= 0.6 is 0 Å². The number of likely N-dealkylation sites (N-methyl/N-ethyl adjacent to an activating group) is 1. The van der Waals surface area contributed by atoms with Crippen molar-refractivity contribution in [1.82, 2.24) is 0 Å². The van der Waals surface area contributed by atoms with Crippen molar-refractivity contribution in [2.75, 3.05) is 41.0 Å². The number of hydrogen-bond acceptors (Lipinski definition) is 7. The largest absolute Gasteiger partial charge is 0.544 e. The first kappa shape index (κ1) is 59.5. The molecule has 0 amide bonds. The Kier molecular flexibility index (Phi) is 43.3. The van der Waals surface area contributed by atoms with Gasteiger partial charge in [0.2, 0.25) is 0 Å². The van der Waals surface area contributed by atoms with Crippen LogP contribution in [-0.4, -0.2) is 75.5 Å². The molecule has 0 rings (SSSR count). The zero-order valence-electron chi connectivity index (χ0n) is 41.3. The Bertz CT molecular complexity index is 1110. The van der Waals surface area contributed by atoms with Crippen LogP contribution in [0.3, 0.4) is 0 Å². The molecule has 0 bridgehead atoms. The number of carbonyl (C=O) groups excluding carboxylic acids is 3. The van der Waals surface area contributed by atoms with E-state index in [1.807, 2.05) is 0 Å². The molecule has 0 heterocycles. The normalized spacial score (nSPS) is 13.1. The molecule has 2 atom stereocenters. The molecule has 0 aliphatic heterocycles. The third-order valence-electron chi connectivity index (χ3n) is 11.8. The van der Waals surface area contributed by atoms with Gasteiger partial charge < -0.3 is 28.6 Å². The van der Waals surface area contributed by atoms with E-state index in [4.69, 9.17) is 14.2 Å². The summed E-state index contributed by atoms with van der Waals surface area (Å²) in [5, 5.41) is 11.7. The second-order valence-electron chi connectivity index (χ2n) is 18.8. The van der Waals surface area contributed by atoms with E-state index in [1.54, 1.807) is 21.1 Å². The number of carboxylic acids is 1. The van der Waals surface area contributed by atoms with Gasteiger partial charge in [-0.1, -0.05) is 192 Å². The molecule has 0 spiro atoms. The van der Waals surface area contributed by atoms with Crippen LogP contribution < -0.4 is 5.11 Å². The number of carboxylic acid groups (broad SMARTS) is 1. The third-order valence-corrected chi connectivity index (χ3v) is 11.8. The summed E-state index contributed by atoms with van der Waals surface area (Å²) in [4.78, 5) is 37.0. The smallest absolute Gasteiger partial charge is 0.306 e. The van der Waals surface area contributed by atoms with Gasteiger partial charge >= 0.3 is 11.9 Å². The highest BCUT2D eigenvalue weighted by atomic mass is 16.6. The highest BCUT2D eigenvalue weighted by Gasteiger charge is 2.25. The van der Waals surface area contributed by atoms with E-state index >= 15 is 0 Å². The zero-order chi connectivity index (χ0) is 45.6. The summed E-state index contributed by atoms with van der Waals surface area (Å²) in [6.45, 7) is 4.64. The first-order valence-corrected chi connectivity index (χ1v) is 26.0. The quantitative estimate of drug-likeness (QED) is 0.0197. The Morgan fingerprint density at radius 2 is 0.855 bits per heavy atom. The van der Waals surface area contributed by atoms with E-state index in [-0.39, 0.29) is 42.7 Å². The van der Waals surface area contributed by atoms with Crippen LogP contribution in [0.5, 0.6) is 0 Å². The molecule has 62 heavy (non-hydrogen) atoms. The maximum absolute atomic E-state index is 12.8. The molecule has 0 N–H and O–H groups in total. The molecule has 362 valence electrons. The summed E-state index contributed by atoms with van der Waals surface area (Å²) < 4.78 is 17.2. The van der Waals surface area contributed by atoms with Gasteiger partial charge in [0.25, 0.3) is 0 Å². The fraction of sp³-hybridized carbons (Fsp3) is 0.833. The lowest BCUT2D eigenvalue weighted by Gasteiger charge is -2.34. The molecular weight excluding hydrogens is 775 g/mol. The van der Waals surface area contributed by atoms with Crippen molar-refractivity contribution in [3.63, 3.8) is 0 Å². The average Bonchev–Trinajstić information content (AvgIpc) is 3.23. The summed E-state index contributed by atoms with van der Waals surface area (Å²) >= 11 is 0. The Hall–Kier alpha value is -2.45. The molecule has 0 fully saturated rings. The van der Waals surface area contributed by atoms with Crippen molar-refractivity contribution in [1.29, 1.82) is 0 Å². The predicted molar refractivity (Wildman–Crippen MR) is 259 cm³/mol. The Balaban J connectivity index is 4.20. The summed E-state index contributed by atoms with van der Waals surface area (Å²) in [5.41, 5.74) is 0. The Labute approximate surface area is 383 Å². The van der Waals surface area contributed by atoms with Gasteiger partial charge in [0, 0.05) is 19.3 Å². The van der Waals surface area contributed by atoms with Crippen LogP contribution in [0.25, 0.3) is 0 Å². The van der Waals surface area contributed by atoms with Crippen molar-refractivity contribution in [3.8, 4) is 0 Å². The SMILES string of the molecule is CCCCC/C=C/C=C/CCCCCCCCC(=O)OC(COCCC(C(=O)[O-])[N+](C)(C)C)COC(=O)CCCCCCCCC/C=C/CCCCCCCCCCCCCC. The highest BCUT2D eigenvalue weighted by Crippen LogP contribution is 2.15. The minimum atomic E-state index is -1.13. The predicted octanol–water partition coefficient (Wildman–Crippen LogP) is 13.6. The summed E-state index contributed by atoms with van der Waals surface area (Å²) in [6.07, 6.45) is 53.2. The van der Waals surface area contributed by atoms with Crippen LogP contribution in [0.4, 0.5) is 0 Å². The standard InChI is InChI=1S/C54H99NO7/c1-6-8-10-12-14-16-18-20-22-23-24-25-26-27-28-29-31-32-34-36-38-40-42-44-52(56)61-49-50(48-60-47-46-51(54(58)59)55(3,4)5)62-53(57)45-43-41-39-37-35-33-30-21-19-17-15-13-11-9-7-2/h15,17,19,21,27-28,50-51H,6-14,16,18,20,22-26,29-49H2,1-5H3/b17-15+,21-19+,28-27+. The molecule has 0 aromatic rings. The molecule has 0 aromatic carbocycles. The first-order chi connectivity index (χ1) is 30.1. The van der Waals surface area contributed by atoms with Gasteiger partial charge in [0.15, 0.2) is 6.10 Å². The van der Waals surface area contributed by atoms with Crippen LogP contribution in [-0.2, 0) is 28.6 Å². The van der Waals surface area contributed by atoms with Crippen molar-refractivity contribution >= 4 is 17.9 Å². The van der Waals surface area contributed by atoms with Gasteiger partial charge in [-0.15, -0.1) is 0 Å². The number of ether oxygens (including phenoxy) is 3. The van der Waals surface area contributed by atoms with Crippen molar-refractivity contribution in [2.24, 2.45) is 0 Å². The lowest BCUT2D eigenvalue weighted by Crippen LogP contribution is -2.55. The van der Waals surface area contributed by atoms with E-state index in [0.29, 0.717) is 12.8 Å². The fourth-order valence-corrected chi connectivity index (χ4v) is 7.70. The Morgan fingerprint density at radius 3 is 1.29 bits per heavy atom. The van der Waals surface area contributed by atoms with Crippen molar-refractivity contribution < 1.29 is 38.2 Å². The number of esters is 2. The molecule has 0 aliphatic carbocycles. The van der Waals surface area contributed by atoms with Gasteiger partial charge in [0.1, 0.15) is 12.6 Å².